The number of para-hydroxylation sites is 1. The zero-order valence-electron chi connectivity index (χ0n) is 18.9. The first kappa shape index (κ1) is 23.6. The van der Waals surface area contributed by atoms with Crippen molar-refractivity contribution >= 4 is 22.7 Å². The third-order valence-corrected chi connectivity index (χ3v) is 4.93. The number of benzene rings is 2. The van der Waals surface area contributed by atoms with Gasteiger partial charge in [0.25, 0.3) is 17.4 Å². The van der Waals surface area contributed by atoms with Crippen molar-refractivity contribution < 1.29 is 23.8 Å². The van der Waals surface area contributed by atoms with Crippen molar-refractivity contribution in [3.05, 3.63) is 58.1 Å². The third kappa shape index (κ3) is 5.22. The van der Waals surface area contributed by atoms with Gasteiger partial charge in [-0.1, -0.05) is 12.1 Å². The number of fused-ring (bicyclic) bond motifs is 1. The van der Waals surface area contributed by atoms with Gasteiger partial charge in [-0.25, -0.2) is 4.98 Å². The molecule has 174 valence electrons. The van der Waals surface area contributed by atoms with Gasteiger partial charge in [-0.15, -0.1) is 0 Å². The number of nitrogens with two attached hydrogens (primary N) is 1. The molecule has 2 amide bonds. The number of ether oxygens (including phenoxy) is 3. The van der Waals surface area contributed by atoms with Crippen LogP contribution in [-0.2, 0) is 11.3 Å². The molecule has 0 radical (unpaired) electrons. The summed E-state index contributed by atoms with van der Waals surface area (Å²) in [4.78, 5) is 45.8. The number of hydrogen-bond donors (Lipinski definition) is 2. The van der Waals surface area contributed by atoms with Crippen LogP contribution in [0.4, 0.5) is 0 Å². The number of amides is 2. The summed E-state index contributed by atoms with van der Waals surface area (Å²) in [5, 5.41) is 0.477. The quantitative estimate of drug-likeness (QED) is 0.503. The van der Waals surface area contributed by atoms with Gasteiger partial charge in [-0.3, -0.25) is 14.4 Å². The first-order valence-corrected chi connectivity index (χ1v) is 10.2. The van der Waals surface area contributed by atoms with Gasteiger partial charge >= 0.3 is 0 Å². The Morgan fingerprint density at radius 1 is 1.12 bits per heavy atom. The molecule has 0 fully saturated rings. The third-order valence-electron chi connectivity index (χ3n) is 4.93. The molecule has 0 aliphatic rings. The van der Waals surface area contributed by atoms with Crippen LogP contribution >= 0.6 is 0 Å². The summed E-state index contributed by atoms with van der Waals surface area (Å²) in [5.41, 5.74) is 5.70. The average Bonchev–Trinajstić information content (AvgIpc) is 2.79. The Kier molecular flexibility index (Phi) is 7.17. The Morgan fingerprint density at radius 2 is 1.76 bits per heavy atom. The lowest BCUT2D eigenvalue weighted by Crippen LogP contribution is -2.37. The Morgan fingerprint density at radius 3 is 2.33 bits per heavy atom. The highest BCUT2D eigenvalue weighted by molar-refractivity contribution is 5.96. The number of hydrogen-bond acceptors (Lipinski definition) is 7. The van der Waals surface area contributed by atoms with E-state index in [1.807, 2.05) is 13.8 Å². The van der Waals surface area contributed by atoms with Crippen molar-refractivity contribution in [2.24, 2.45) is 5.73 Å². The van der Waals surface area contributed by atoms with E-state index in [9.17, 15) is 14.4 Å². The van der Waals surface area contributed by atoms with Gasteiger partial charge in [0.15, 0.2) is 18.1 Å². The number of aromatic amines is 1. The minimum atomic E-state index is -0.665. The second-order valence-electron chi connectivity index (χ2n) is 7.52. The minimum absolute atomic E-state index is 0.0845. The maximum atomic E-state index is 13.4. The molecule has 3 rings (SSSR count). The molecule has 3 N–H and O–H groups in total. The lowest BCUT2D eigenvalue weighted by atomic mass is 10.1. The van der Waals surface area contributed by atoms with Crippen LogP contribution in [0.25, 0.3) is 10.9 Å². The molecule has 10 heteroatoms. The van der Waals surface area contributed by atoms with Crippen molar-refractivity contribution in [1.29, 1.82) is 0 Å². The Hall–Kier alpha value is -4.08. The minimum Gasteiger partial charge on any atom is -0.493 e. The highest BCUT2D eigenvalue weighted by Crippen LogP contribution is 2.39. The number of rotatable bonds is 9. The van der Waals surface area contributed by atoms with Gasteiger partial charge in [0.05, 0.1) is 31.7 Å². The van der Waals surface area contributed by atoms with E-state index in [-0.39, 0.29) is 53.5 Å². The number of H-pyrrole nitrogens is 1. The lowest BCUT2D eigenvalue weighted by Gasteiger charge is -2.27. The van der Waals surface area contributed by atoms with Crippen LogP contribution in [-0.4, -0.2) is 53.6 Å². The fourth-order valence-electron chi connectivity index (χ4n) is 3.31. The van der Waals surface area contributed by atoms with E-state index < -0.39 is 5.91 Å². The lowest BCUT2D eigenvalue weighted by molar-refractivity contribution is -0.120. The van der Waals surface area contributed by atoms with Gasteiger partial charge < -0.3 is 29.8 Å². The normalized spacial score (nSPS) is 10.8. The van der Waals surface area contributed by atoms with E-state index in [4.69, 9.17) is 19.9 Å². The number of nitrogens with zero attached hydrogens (tertiary/aromatic N) is 2. The Labute approximate surface area is 190 Å². The van der Waals surface area contributed by atoms with Crippen LogP contribution in [0.5, 0.6) is 17.2 Å². The fraction of sp³-hybridized carbons (Fsp3) is 0.304. The summed E-state index contributed by atoms with van der Waals surface area (Å²) in [6, 6.07) is 9.77. The van der Waals surface area contributed by atoms with Gasteiger partial charge in [0, 0.05) is 11.6 Å². The summed E-state index contributed by atoms with van der Waals surface area (Å²) < 4.78 is 16.1. The van der Waals surface area contributed by atoms with E-state index in [1.54, 1.807) is 29.2 Å². The molecule has 0 spiro atoms. The number of carbonyl (C=O) groups is 2. The molecule has 3 aromatic rings. The number of aromatic nitrogens is 2. The maximum absolute atomic E-state index is 13.4. The van der Waals surface area contributed by atoms with Crippen LogP contribution in [0.15, 0.2) is 41.2 Å². The first-order chi connectivity index (χ1) is 15.7. The Bertz CT molecular complexity index is 1210. The van der Waals surface area contributed by atoms with Crippen LogP contribution in [0.2, 0.25) is 0 Å². The van der Waals surface area contributed by atoms with Crippen LogP contribution in [0.3, 0.4) is 0 Å². The second-order valence-corrected chi connectivity index (χ2v) is 7.52. The summed E-state index contributed by atoms with van der Waals surface area (Å²) in [6.07, 6.45) is 0. The standard InChI is InChI=1S/C23H26N4O6/c1-13(2)27(11-20-25-16-8-6-5-7-15(16)22(29)26-20)23(30)14-9-17(31-3)21(18(10-14)32-4)33-12-19(24)28/h5-10,13H,11-12H2,1-4H3,(H2,24,28)(H,25,26,29). The van der Waals surface area contributed by atoms with Gasteiger partial charge in [0.1, 0.15) is 5.82 Å². The molecule has 2 aromatic carbocycles. The van der Waals surface area contributed by atoms with Crippen molar-refractivity contribution in [1.82, 2.24) is 14.9 Å². The Balaban J connectivity index is 1.97. The van der Waals surface area contributed by atoms with Crippen LogP contribution in [0, 0.1) is 0 Å². The monoisotopic (exact) mass is 454 g/mol. The molecular weight excluding hydrogens is 428 g/mol. The molecule has 0 aliphatic carbocycles. The number of carbonyl (C=O) groups excluding carboxylic acids is 2. The molecule has 1 aromatic heterocycles. The van der Waals surface area contributed by atoms with Gasteiger partial charge in [0.2, 0.25) is 5.75 Å². The maximum Gasteiger partial charge on any atom is 0.258 e. The highest BCUT2D eigenvalue weighted by atomic mass is 16.5. The zero-order chi connectivity index (χ0) is 24.1. The molecule has 1 heterocycles. The second kappa shape index (κ2) is 10.0. The van der Waals surface area contributed by atoms with Crippen molar-refractivity contribution in [3.8, 4) is 17.2 Å². The zero-order valence-corrected chi connectivity index (χ0v) is 18.9. The smallest absolute Gasteiger partial charge is 0.258 e. The number of nitrogens with one attached hydrogen (secondary N) is 1. The van der Waals surface area contributed by atoms with Crippen molar-refractivity contribution in [3.63, 3.8) is 0 Å². The van der Waals surface area contributed by atoms with E-state index in [0.717, 1.165) is 0 Å². The topological polar surface area (TPSA) is 137 Å². The fourth-order valence-corrected chi connectivity index (χ4v) is 3.31. The largest absolute Gasteiger partial charge is 0.493 e. The molecule has 0 saturated heterocycles. The van der Waals surface area contributed by atoms with Crippen LogP contribution < -0.4 is 25.5 Å². The van der Waals surface area contributed by atoms with Gasteiger partial charge in [-0.05, 0) is 38.1 Å². The summed E-state index contributed by atoms with van der Waals surface area (Å²) >= 11 is 0. The predicted molar refractivity (Wildman–Crippen MR) is 122 cm³/mol. The molecule has 0 atom stereocenters. The van der Waals surface area contributed by atoms with E-state index in [1.165, 1.54) is 26.4 Å². The van der Waals surface area contributed by atoms with E-state index in [0.29, 0.717) is 16.7 Å². The molecule has 33 heavy (non-hydrogen) atoms. The number of primary amides is 1. The molecule has 0 saturated carbocycles. The van der Waals surface area contributed by atoms with E-state index >= 15 is 0 Å². The molecular formula is C23H26N4O6. The van der Waals surface area contributed by atoms with E-state index in [2.05, 4.69) is 9.97 Å². The van der Waals surface area contributed by atoms with Crippen LogP contribution in [0.1, 0.15) is 30.0 Å². The molecule has 0 unspecified atom stereocenters. The predicted octanol–water partition coefficient (Wildman–Crippen LogP) is 1.86. The SMILES string of the molecule is COc1cc(C(=O)N(Cc2nc3ccccc3c(=O)[nH]2)C(C)C)cc(OC)c1OCC(N)=O. The summed E-state index contributed by atoms with van der Waals surface area (Å²) in [6.45, 7) is 3.42. The summed E-state index contributed by atoms with van der Waals surface area (Å²) in [7, 11) is 2.81. The highest BCUT2D eigenvalue weighted by Gasteiger charge is 2.24. The van der Waals surface area contributed by atoms with Gasteiger partial charge in [-0.2, -0.15) is 0 Å². The number of methoxy groups -OCH3 is 2. The molecule has 0 bridgehead atoms. The molecule has 10 nitrogen and oxygen atoms in total. The van der Waals surface area contributed by atoms with Crippen molar-refractivity contribution in [2.45, 2.75) is 26.4 Å². The van der Waals surface area contributed by atoms with Crippen molar-refractivity contribution in [2.75, 3.05) is 20.8 Å². The summed E-state index contributed by atoms with van der Waals surface area (Å²) in [5.74, 6) is -0.0613. The molecule has 0 aliphatic heterocycles. The first-order valence-electron chi connectivity index (χ1n) is 10.2. The average molecular weight is 454 g/mol.